The van der Waals surface area contributed by atoms with Crippen LogP contribution in [0.5, 0.6) is 0 Å². The first-order valence-corrected chi connectivity index (χ1v) is 6.00. The van der Waals surface area contributed by atoms with E-state index in [1.807, 2.05) is 30.9 Å². The lowest BCUT2D eigenvalue weighted by atomic mass is 10.1. The Balaban J connectivity index is 1.98. The molecule has 0 aliphatic heterocycles. The van der Waals surface area contributed by atoms with Gasteiger partial charge < -0.3 is 5.32 Å². The highest BCUT2D eigenvalue weighted by Gasteiger charge is 1.97. The summed E-state index contributed by atoms with van der Waals surface area (Å²) in [5, 5.41) is 7.54. The predicted molar refractivity (Wildman–Crippen MR) is 70.1 cm³/mol. The number of benzene rings is 1. The van der Waals surface area contributed by atoms with E-state index >= 15 is 0 Å². The lowest BCUT2D eigenvalue weighted by molar-refractivity contribution is 0.679. The first-order chi connectivity index (χ1) is 8.28. The Labute approximate surface area is 102 Å². The van der Waals surface area contributed by atoms with Crippen LogP contribution in [0.15, 0.2) is 36.5 Å². The predicted octanol–water partition coefficient (Wildman–Crippen LogP) is 2.00. The van der Waals surface area contributed by atoms with E-state index in [0.717, 1.165) is 25.2 Å². The normalized spacial score (nSPS) is 10.7. The van der Waals surface area contributed by atoms with Gasteiger partial charge in [0.2, 0.25) is 0 Å². The van der Waals surface area contributed by atoms with Crippen molar-refractivity contribution in [1.82, 2.24) is 15.1 Å². The highest BCUT2D eigenvalue weighted by atomic mass is 15.3. The number of nitrogens with one attached hydrogen (secondary N) is 1. The molecule has 1 heterocycles. The molecular formula is C14H19N3. The molecule has 0 atom stereocenters. The molecule has 0 amide bonds. The molecule has 0 bridgehead atoms. The Bertz CT molecular complexity index is 457. The molecule has 0 spiro atoms. The van der Waals surface area contributed by atoms with Crippen molar-refractivity contribution in [2.45, 2.75) is 19.9 Å². The van der Waals surface area contributed by atoms with E-state index in [4.69, 9.17) is 0 Å². The molecule has 2 aromatic rings. The molecule has 0 saturated carbocycles. The molecule has 3 heteroatoms. The van der Waals surface area contributed by atoms with Crippen LogP contribution in [0.25, 0.3) is 0 Å². The summed E-state index contributed by atoms with van der Waals surface area (Å²) in [4.78, 5) is 0. The first kappa shape index (κ1) is 11.9. The Morgan fingerprint density at radius 1 is 1.12 bits per heavy atom. The van der Waals surface area contributed by atoms with E-state index in [2.05, 4.69) is 34.7 Å². The Hall–Kier alpha value is -1.61. The number of hydrogen-bond donors (Lipinski definition) is 1. The zero-order chi connectivity index (χ0) is 12.1. The van der Waals surface area contributed by atoms with Crippen LogP contribution in [0.4, 0.5) is 0 Å². The maximum Gasteiger partial charge on any atom is 0.0659 e. The molecule has 0 aliphatic rings. The second-order valence-corrected chi connectivity index (χ2v) is 4.32. The lowest BCUT2D eigenvalue weighted by Crippen LogP contribution is -2.10. The van der Waals surface area contributed by atoms with Crippen molar-refractivity contribution in [2.24, 2.45) is 0 Å². The van der Waals surface area contributed by atoms with Crippen LogP contribution in [0.1, 0.15) is 16.8 Å². The summed E-state index contributed by atoms with van der Waals surface area (Å²) < 4.78 is 1.97. The van der Waals surface area contributed by atoms with Crippen molar-refractivity contribution in [3.63, 3.8) is 0 Å². The van der Waals surface area contributed by atoms with Gasteiger partial charge in [0, 0.05) is 6.20 Å². The fourth-order valence-electron chi connectivity index (χ4n) is 1.82. The second kappa shape index (κ2) is 5.64. The average molecular weight is 229 g/mol. The van der Waals surface area contributed by atoms with Gasteiger partial charge in [-0.2, -0.15) is 5.10 Å². The molecule has 17 heavy (non-hydrogen) atoms. The lowest BCUT2D eigenvalue weighted by Gasteiger charge is -2.04. The summed E-state index contributed by atoms with van der Waals surface area (Å²) in [7, 11) is 1.98. The smallest absolute Gasteiger partial charge is 0.0659 e. The number of hydrogen-bond acceptors (Lipinski definition) is 2. The van der Waals surface area contributed by atoms with Gasteiger partial charge in [0.25, 0.3) is 0 Å². The Morgan fingerprint density at radius 2 is 1.82 bits per heavy atom. The standard InChI is InChI=1S/C14H19N3/c1-12-8-10-17(16-12)11-14-5-3-13(4-6-14)7-9-15-2/h3-6,8,10,15H,7,9,11H2,1-2H3. The van der Waals surface area contributed by atoms with Gasteiger partial charge in [-0.25, -0.2) is 0 Å². The van der Waals surface area contributed by atoms with E-state index in [0.29, 0.717) is 0 Å². The third-order valence-electron chi connectivity index (χ3n) is 2.81. The fourth-order valence-corrected chi connectivity index (χ4v) is 1.82. The van der Waals surface area contributed by atoms with E-state index in [-0.39, 0.29) is 0 Å². The number of likely N-dealkylation sites (N-methyl/N-ethyl adjacent to an activating group) is 1. The molecule has 90 valence electrons. The number of rotatable bonds is 5. The molecule has 0 aliphatic carbocycles. The fraction of sp³-hybridized carbons (Fsp3) is 0.357. The minimum Gasteiger partial charge on any atom is -0.319 e. The molecule has 2 rings (SSSR count). The van der Waals surface area contributed by atoms with Gasteiger partial charge in [-0.05, 0) is 44.1 Å². The van der Waals surface area contributed by atoms with Crippen LogP contribution in [-0.2, 0) is 13.0 Å². The van der Waals surface area contributed by atoms with Gasteiger partial charge >= 0.3 is 0 Å². The van der Waals surface area contributed by atoms with Crippen LogP contribution in [0.2, 0.25) is 0 Å². The van der Waals surface area contributed by atoms with E-state index in [1.165, 1.54) is 11.1 Å². The van der Waals surface area contributed by atoms with Gasteiger partial charge in [0.15, 0.2) is 0 Å². The maximum atomic E-state index is 4.38. The second-order valence-electron chi connectivity index (χ2n) is 4.32. The third-order valence-corrected chi connectivity index (χ3v) is 2.81. The number of aryl methyl sites for hydroxylation is 1. The van der Waals surface area contributed by atoms with Gasteiger partial charge in [-0.15, -0.1) is 0 Å². The third kappa shape index (κ3) is 3.43. The van der Waals surface area contributed by atoms with Crippen LogP contribution in [-0.4, -0.2) is 23.4 Å². The van der Waals surface area contributed by atoms with Crippen LogP contribution in [0, 0.1) is 6.92 Å². The topological polar surface area (TPSA) is 29.9 Å². The Kier molecular flexibility index (Phi) is 3.94. The van der Waals surface area contributed by atoms with Gasteiger partial charge in [-0.3, -0.25) is 4.68 Å². The van der Waals surface area contributed by atoms with Crippen LogP contribution < -0.4 is 5.32 Å². The molecular weight excluding hydrogens is 210 g/mol. The quantitative estimate of drug-likeness (QED) is 0.850. The molecule has 0 radical (unpaired) electrons. The minimum atomic E-state index is 0.847. The molecule has 1 aromatic carbocycles. The first-order valence-electron chi connectivity index (χ1n) is 6.00. The molecule has 0 saturated heterocycles. The van der Waals surface area contributed by atoms with Gasteiger partial charge in [0.05, 0.1) is 12.2 Å². The van der Waals surface area contributed by atoms with Crippen molar-refractivity contribution >= 4 is 0 Å². The Morgan fingerprint density at radius 3 is 2.41 bits per heavy atom. The van der Waals surface area contributed by atoms with E-state index < -0.39 is 0 Å². The number of aromatic nitrogens is 2. The highest BCUT2D eigenvalue weighted by Crippen LogP contribution is 2.07. The summed E-state index contributed by atoms with van der Waals surface area (Å²) in [6.07, 6.45) is 3.10. The summed E-state index contributed by atoms with van der Waals surface area (Å²) in [6, 6.07) is 10.8. The maximum absolute atomic E-state index is 4.38. The van der Waals surface area contributed by atoms with Crippen molar-refractivity contribution in [3.05, 3.63) is 53.3 Å². The molecule has 1 N–H and O–H groups in total. The molecule has 0 unspecified atom stereocenters. The molecule has 3 nitrogen and oxygen atoms in total. The van der Waals surface area contributed by atoms with Gasteiger partial charge in [0.1, 0.15) is 0 Å². The highest BCUT2D eigenvalue weighted by molar-refractivity contribution is 5.23. The van der Waals surface area contributed by atoms with Crippen molar-refractivity contribution in [1.29, 1.82) is 0 Å². The molecule has 0 fully saturated rings. The molecule has 1 aromatic heterocycles. The van der Waals surface area contributed by atoms with Crippen molar-refractivity contribution < 1.29 is 0 Å². The summed E-state index contributed by atoms with van der Waals surface area (Å²) in [5.74, 6) is 0. The SMILES string of the molecule is CNCCc1ccc(Cn2ccc(C)n2)cc1. The minimum absolute atomic E-state index is 0.847. The average Bonchev–Trinajstić information content (AvgIpc) is 2.74. The largest absolute Gasteiger partial charge is 0.319 e. The van der Waals surface area contributed by atoms with E-state index in [9.17, 15) is 0 Å². The summed E-state index contributed by atoms with van der Waals surface area (Å²) >= 11 is 0. The summed E-state index contributed by atoms with van der Waals surface area (Å²) in [5.41, 5.74) is 3.73. The van der Waals surface area contributed by atoms with Crippen LogP contribution in [0.3, 0.4) is 0 Å². The zero-order valence-corrected chi connectivity index (χ0v) is 10.5. The summed E-state index contributed by atoms with van der Waals surface area (Å²) in [6.45, 7) is 3.88. The van der Waals surface area contributed by atoms with Crippen LogP contribution >= 0.6 is 0 Å². The van der Waals surface area contributed by atoms with Crippen molar-refractivity contribution in [2.75, 3.05) is 13.6 Å². The number of nitrogens with zero attached hydrogens (tertiary/aromatic N) is 2. The van der Waals surface area contributed by atoms with Gasteiger partial charge in [-0.1, -0.05) is 24.3 Å². The monoisotopic (exact) mass is 229 g/mol. The van der Waals surface area contributed by atoms with E-state index in [1.54, 1.807) is 0 Å². The van der Waals surface area contributed by atoms with Crippen molar-refractivity contribution in [3.8, 4) is 0 Å². The zero-order valence-electron chi connectivity index (χ0n) is 10.5.